The Morgan fingerprint density at radius 2 is 1.83 bits per heavy atom. The maximum atomic E-state index is 13.4. The number of anilines is 1. The first-order chi connectivity index (χ1) is 14.5. The summed E-state index contributed by atoms with van der Waals surface area (Å²) in [6.07, 6.45) is 4.50. The largest absolute Gasteiger partial charge is 0.315 e. The topological polar surface area (TPSA) is 90.3 Å². The molecule has 2 aromatic rings. The van der Waals surface area contributed by atoms with E-state index in [0.717, 1.165) is 41.0 Å². The van der Waals surface area contributed by atoms with Gasteiger partial charge in [0.15, 0.2) is 0 Å². The molecule has 1 aliphatic heterocycles. The number of hydrogen-bond acceptors (Lipinski definition) is 5. The van der Waals surface area contributed by atoms with Gasteiger partial charge in [-0.1, -0.05) is 32.4 Å². The number of hydrogen-bond donors (Lipinski definition) is 1. The van der Waals surface area contributed by atoms with Gasteiger partial charge in [0, 0.05) is 4.88 Å². The minimum Gasteiger partial charge on any atom is -0.315 e. The zero-order valence-electron chi connectivity index (χ0n) is 17.0. The Kier molecular flexibility index (Phi) is 5.44. The number of aryl methyl sites for hydroxylation is 1. The SMILES string of the molecule is CC[C@H](C)[C@H](C(=O)Nc1sc2c(c1C#N)CCCC2)N1C(=O)c2ccccc2C1=O. The lowest BCUT2D eigenvalue weighted by Crippen LogP contribution is -2.50. The number of rotatable bonds is 5. The second-order valence-electron chi connectivity index (χ2n) is 7.87. The fraction of sp³-hybridized carbons (Fsp3) is 0.391. The van der Waals surface area contributed by atoms with E-state index in [2.05, 4.69) is 11.4 Å². The molecule has 2 heterocycles. The normalized spacial score (nSPS) is 17.2. The number of benzene rings is 1. The van der Waals surface area contributed by atoms with Crippen LogP contribution in [0.3, 0.4) is 0 Å². The average molecular weight is 422 g/mol. The predicted molar refractivity (Wildman–Crippen MR) is 114 cm³/mol. The first-order valence-electron chi connectivity index (χ1n) is 10.3. The van der Waals surface area contributed by atoms with Gasteiger partial charge in [0.1, 0.15) is 17.1 Å². The third-order valence-corrected chi connectivity index (χ3v) is 7.28. The third-order valence-electron chi connectivity index (χ3n) is 6.08. The molecule has 6 nitrogen and oxygen atoms in total. The minimum atomic E-state index is -0.937. The second-order valence-corrected chi connectivity index (χ2v) is 8.98. The van der Waals surface area contributed by atoms with Crippen molar-refractivity contribution < 1.29 is 14.4 Å². The van der Waals surface area contributed by atoms with Gasteiger partial charge in [-0.15, -0.1) is 11.3 Å². The molecule has 2 atom stereocenters. The van der Waals surface area contributed by atoms with Crippen LogP contribution in [-0.2, 0) is 17.6 Å². The van der Waals surface area contributed by atoms with Crippen molar-refractivity contribution in [2.45, 2.75) is 52.0 Å². The molecule has 1 aromatic carbocycles. The fourth-order valence-corrected chi connectivity index (χ4v) is 5.51. The molecule has 2 aliphatic rings. The summed E-state index contributed by atoms with van der Waals surface area (Å²) in [5.74, 6) is -1.54. The highest BCUT2D eigenvalue weighted by Gasteiger charge is 2.44. The van der Waals surface area contributed by atoms with Crippen molar-refractivity contribution >= 4 is 34.1 Å². The van der Waals surface area contributed by atoms with Gasteiger partial charge in [-0.3, -0.25) is 19.3 Å². The number of nitriles is 1. The van der Waals surface area contributed by atoms with Crippen LogP contribution < -0.4 is 5.32 Å². The summed E-state index contributed by atoms with van der Waals surface area (Å²) < 4.78 is 0. The Balaban J connectivity index is 1.67. The van der Waals surface area contributed by atoms with Gasteiger partial charge in [-0.05, 0) is 49.3 Å². The van der Waals surface area contributed by atoms with Crippen LogP contribution in [0.15, 0.2) is 24.3 Å². The maximum absolute atomic E-state index is 13.4. The standard InChI is InChI=1S/C23H23N3O3S/c1-3-13(2)19(26-22(28)15-9-4-5-10-16(15)23(26)29)20(27)25-21-17(12-24)14-8-6-7-11-18(14)30-21/h4-5,9-10,13,19H,3,6-8,11H2,1-2H3,(H,25,27)/t13-,19+/m0/s1. The summed E-state index contributed by atoms with van der Waals surface area (Å²) >= 11 is 1.44. The fourth-order valence-electron chi connectivity index (χ4n) is 4.27. The molecule has 0 fully saturated rings. The van der Waals surface area contributed by atoms with Crippen molar-refractivity contribution in [1.82, 2.24) is 4.90 Å². The van der Waals surface area contributed by atoms with Crippen LogP contribution in [-0.4, -0.2) is 28.7 Å². The number of carbonyl (C=O) groups excluding carboxylic acids is 3. The molecular weight excluding hydrogens is 398 g/mol. The van der Waals surface area contributed by atoms with Crippen molar-refractivity contribution in [3.05, 3.63) is 51.4 Å². The van der Waals surface area contributed by atoms with E-state index in [-0.39, 0.29) is 5.92 Å². The summed E-state index contributed by atoms with van der Waals surface area (Å²) in [4.78, 5) is 41.6. The van der Waals surface area contributed by atoms with Gasteiger partial charge in [0.25, 0.3) is 11.8 Å². The van der Waals surface area contributed by atoms with E-state index >= 15 is 0 Å². The van der Waals surface area contributed by atoms with Crippen LogP contribution in [0.4, 0.5) is 5.00 Å². The predicted octanol–water partition coefficient (Wildman–Crippen LogP) is 4.15. The van der Waals surface area contributed by atoms with Crippen molar-refractivity contribution in [3.8, 4) is 6.07 Å². The second kappa shape index (κ2) is 8.04. The van der Waals surface area contributed by atoms with E-state index in [4.69, 9.17) is 0 Å². The van der Waals surface area contributed by atoms with E-state index in [1.807, 2.05) is 13.8 Å². The molecule has 1 N–H and O–H groups in total. The molecule has 0 bridgehead atoms. The summed E-state index contributed by atoms with van der Waals surface area (Å²) in [7, 11) is 0. The molecule has 0 saturated carbocycles. The van der Waals surface area contributed by atoms with Crippen molar-refractivity contribution in [1.29, 1.82) is 5.26 Å². The number of fused-ring (bicyclic) bond motifs is 2. The number of nitrogens with one attached hydrogen (secondary N) is 1. The first kappa shape index (κ1) is 20.3. The Labute approximate surface area is 179 Å². The number of thiophene rings is 1. The van der Waals surface area contributed by atoms with Gasteiger partial charge < -0.3 is 5.32 Å². The smallest absolute Gasteiger partial charge is 0.262 e. The molecule has 1 aromatic heterocycles. The lowest BCUT2D eigenvalue weighted by molar-refractivity contribution is -0.121. The lowest BCUT2D eigenvalue weighted by Gasteiger charge is -2.29. The van der Waals surface area contributed by atoms with Crippen LogP contribution in [0.5, 0.6) is 0 Å². The molecule has 154 valence electrons. The Morgan fingerprint density at radius 3 is 2.43 bits per heavy atom. The van der Waals surface area contributed by atoms with E-state index in [1.165, 1.54) is 11.3 Å². The number of amides is 3. The molecule has 0 unspecified atom stereocenters. The highest BCUT2D eigenvalue weighted by atomic mass is 32.1. The zero-order chi connectivity index (χ0) is 21.4. The summed E-state index contributed by atoms with van der Waals surface area (Å²) in [5.41, 5.74) is 2.21. The Bertz CT molecular complexity index is 1050. The average Bonchev–Trinajstić information content (AvgIpc) is 3.23. The molecule has 1 aliphatic carbocycles. The summed E-state index contributed by atoms with van der Waals surface area (Å²) in [6.45, 7) is 3.78. The molecular formula is C23H23N3O3S. The zero-order valence-corrected chi connectivity index (χ0v) is 17.8. The van der Waals surface area contributed by atoms with Crippen molar-refractivity contribution in [3.63, 3.8) is 0 Å². The van der Waals surface area contributed by atoms with E-state index in [0.29, 0.717) is 28.1 Å². The lowest BCUT2D eigenvalue weighted by atomic mass is 9.95. The molecule has 4 rings (SSSR count). The molecule has 0 spiro atoms. The van der Waals surface area contributed by atoms with Gasteiger partial charge in [0.05, 0.1) is 16.7 Å². The van der Waals surface area contributed by atoms with Gasteiger partial charge in [-0.25, -0.2) is 0 Å². The van der Waals surface area contributed by atoms with Gasteiger partial charge in [-0.2, -0.15) is 5.26 Å². The first-order valence-corrected chi connectivity index (χ1v) is 11.1. The molecule has 7 heteroatoms. The Hall–Kier alpha value is -2.98. The van der Waals surface area contributed by atoms with Crippen molar-refractivity contribution in [2.24, 2.45) is 5.92 Å². The van der Waals surface area contributed by atoms with Gasteiger partial charge in [0.2, 0.25) is 5.91 Å². The minimum absolute atomic E-state index is 0.229. The number of carbonyl (C=O) groups is 3. The molecule has 3 amide bonds. The highest BCUT2D eigenvalue weighted by Crippen LogP contribution is 2.38. The van der Waals surface area contributed by atoms with Crippen molar-refractivity contribution in [2.75, 3.05) is 5.32 Å². The maximum Gasteiger partial charge on any atom is 0.262 e. The number of imide groups is 1. The highest BCUT2D eigenvalue weighted by molar-refractivity contribution is 7.16. The third kappa shape index (κ3) is 3.21. The van der Waals surface area contributed by atoms with Crippen LogP contribution >= 0.6 is 11.3 Å². The quantitative estimate of drug-likeness (QED) is 0.735. The van der Waals surface area contributed by atoms with Gasteiger partial charge >= 0.3 is 0 Å². The van der Waals surface area contributed by atoms with Crippen LogP contribution in [0.2, 0.25) is 0 Å². The van der Waals surface area contributed by atoms with E-state index in [1.54, 1.807) is 24.3 Å². The molecule has 30 heavy (non-hydrogen) atoms. The van der Waals surface area contributed by atoms with Crippen LogP contribution in [0, 0.1) is 17.2 Å². The monoisotopic (exact) mass is 421 g/mol. The van der Waals surface area contributed by atoms with E-state index in [9.17, 15) is 19.6 Å². The molecule has 0 radical (unpaired) electrons. The Morgan fingerprint density at radius 1 is 1.20 bits per heavy atom. The summed E-state index contributed by atoms with van der Waals surface area (Å²) in [6, 6.07) is 7.95. The summed E-state index contributed by atoms with van der Waals surface area (Å²) in [5, 5.41) is 13.1. The van der Waals surface area contributed by atoms with E-state index < -0.39 is 23.8 Å². The number of nitrogens with zero attached hydrogens (tertiary/aromatic N) is 2. The van der Waals surface area contributed by atoms with Crippen LogP contribution in [0.1, 0.15) is 69.8 Å². The molecule has 0 saturated heterocycles. The van der Waals surface area contributed by atoms with Crippen LogP contribution in [0.25, 0.3) is 0 Å².